The molecule has 23 heavy (non-hydrogen) atoms. The summed E-state index contributed by atoms with van der Waals surface area (Å²) in [5.41, 5.74) is 0.645. The van der Waals surface area contributed by atoms with Crippen molar-refractivity contribution < 1.29 is 32.6 Å². The minimum Gasteiger partial charge on any atom is -0.480 e. The molecular weight excluding hydrogens is 315 g/mol. The molecule has 0 heterocycles. The number of ether oxygens (including phenoxy) is 1. The van der Waals surface area contributed by atoms with Crippen molar-refractivity contribution in [3.63, 3.8) is 0 Å². The van der Waals surface area contributed by atoms with E-state index in [1.165, 1.54) is 12.1 Å². The molecule has 0 aliphatic carbocycles. The van der Waals surface area contributed by atoms with Gasteiger partial charge in [-0.05, 0) is 30.0 Å². The number of rotatable bonds is 7. The average molecular weight is 333 g/mol. The molecule has 5 nitrogen and oxygen atoms in total. The lowest BCUT2D eigenvalue weighted by Crippen LogP contribution is -2.44. The van der Waals surface area contributed by atoms with Gasteiger partial charge in [0.25, 0.3) is 0 Å². The number of hydrogen-bond donors (Lipinski definition) is 2. The maximum Gasteiger partial charge on any atom is 0.573 e. The molecule has 1 atom stereocenters. The monoisotopic (exact) mass is 333 g/mol. The van der Waals surface area contributed by atoms with Crippen LogP contribution in [0.25, 0.3) is 0 Å². The summed E-state index contributed by atoms with van der Waals surface area (Å²) in [5.74, 6) is -2.13. The standard InChI is InChI=1S/C15H18F3NO4/c1-9(2)13(14(21)22)19-12(20)8-5-10-3-6-11(7-4-10)23-15(16,17)18/h3-4,6-7,9,13H,5,8H2,1-2H3,(H,19,20)(H,21,22). The van der Waals surface area contributed by atoms with Gasteiger partial charge in [0.1, 0.15) is 11.8 Å². The minimum absolute atomic E-state index is 0.0377. The zero-order valence-corrected chi connectivity index (χ0v) is 12.7. The molecule has 0 saturated heterocycles. The lowest BCUT2D eigenvalue weighted by molar-refractivity contribution is -0.274. The number of nitrogens with one attached hydrogen (secondary N) is 1. The Balaban J connectivity index is 2.51. The molecule has 1 unspecified atom stereocenters. The lowest BCUT2D eigenvalue weighted by Gasteiger charge is -2.17. The second-order valence-corrected chi connectivity index (χ2v) is 5.32. The van der Waals surface area contributed by atoms with Crippen molar-refractivity contribution in [1.82, 2.24) is 5.32 Å². The zero-order valence-electron chi connectivity index (χ0n) is 12.7. The first-order chi connectivity index (χ1) is 10.6. The maximum absolute atomic E-state index is 12.0. The molecule has 0 spiro atoms. The number of aliphatic carboxylic acids is 1. The van der Waals surface area contributed by atoms with E-state index in [1.807, 2.05) is 0 Å². The molecule has 128 valence electrons. The summed E-state index contributed by atoms with van der Waals surface area (Å²) >= 11 is 0. The van der Waals surface area contributed by atoms with E-state index in [9.17, 15) is 22.8 Å². The van der Waals surface area contributed by atoms with Crippen LogP contribution in [0, 0.1) is 5.92 Å². The first kappa shape index (κ1) is 18.8. The summed E-state index contributed by atoms with van der Waals surface area (Å²) in [6.07, 6.45) is -4.43. The highest BCUT2D eigenvalue weighted by Gasteiger charge is 2.31. The van der Waals surface area contributed by atoms with Crippen molar-refractivity contribution in [3.8, 4) is 5.75 Å². The van der Waals surface area contributed by atoms with Crippen molar-refractivity contribution in [2.24, 2.45) is 5.92 Å². The molecule has 0 saturated carbocycles. The molecule has 0 aromatic heterocycles. The molecule has 1 rings (SSSR count). The highest BCUT2D eigenvalue weighted by Crippen LogP contribution is 2.23. The summed E-state index contributed by atoms with van der Waals surface area (Å²) in [4.78, 5) is 22.7. The first-order valence-electron chi connectivity index (χ1n) is 6.95. The number of aryl methyl sites for hydroxylation is 1. The third-order valence-electron chi connectivity index (χ3n) is 3.05. The Morgan fingerprint density at radius 3 is 2.22 bits per heavy atom. The SMILES string of the molecule is CC(C)C(NC(=O)CCc1ccc(OC(F)(F)F)cc1)C(=O)O. The Kier molecular flexibility index (Phi) is 6.41. The van der Waals surface area contributed by atoms with Crippen molar-refractivity contribution in [2.75, 3.05) is 0 Å². The smallest absolute Gasteiger partial charge is 0.480 e. The van der Waals surface area contributed by atoms with Gasteiger partial charge in [0, 0.05) is 6.42 Å². The third-order valence-corrected chi connectivity index (χ3v) is 3.05. The lowest BCUT2D eigenvalue weighted by atomic mass is 10.0. The molecule has 0 radical (unpaired) electrons. The highest BCUT2D eigenvalue weighted by atomic mass is 19.4. The quantitative estimate of drug-likeness (QED) is 0.804. The average Bonchev–Trinajstić information content (AvgIpc) is 2.41. The van der Waals surface area contributed by atoms with Gasteiger partial charge in [-0.3, -0.25) is 4.79 Å². The fourth-order valence-corrected chi connectivity index (χ4v) is 1.87. The van der Waals surface area contributed by atoms with Crippen molar-refractivity contribution in [1.29, 1.82) is 0 Å². The van der Waals surface area contributed by atoms with Gasteiger partial charge < -0.3 is 15.2 Å². The van der Waals surface area contributed by atoms with Crippen LogP contribution in [0.4, 0.5) is 13.2 Å². The molecular formula is C15H18F3NO4. The summed E-state index contributed by atoms with van der Waals surface area (Å²) in [6, 6.07) is 4.20. The number of carboxylic acid groups (broad SMARTS) is 1. The Hall–Kier alpha value is -2.25. The van der Waals surface area contributed by atoms with Crippen molar-refractivity contribution >= 4 is 11.9 Å². The van der Waals surface area contributed by atoms with Gasteiger partial charge in [-0.15, -0.1) is 13.2 Å². The number of carbonyl (C=O) groups excluding carboxylic acids is 1. The topological polar surface area (TPSA) is 75.6 Å². The van der Waals surface area contributed by atoms with Crippen LogP contribution in [0.5, 0.6) is 5.75 Å². The number of amides is 1. The summed E-state index contributed by atoms with van der Waals surface area (Å²) in [7, 11) is 0. The van der Waals surface area contributed by atoms with E-state index in [0.717, 1.165) is 12.1 Å². The molecule has 1 aromatic carbocycles. The number of carboxylic acids is 1. The fraction of sp³-hybridized carbons (Fsp3) is 0.467. The second-order valence-electron chi connectivity index (χ2n) is 5.32. The van der Waals surface area contributed by atoms with Crippen molar-refractivity contribution in [2.45, 2.75) is 39.1 Å². The number of alkyl halides is 3. The number of benzene rings is 1. The molecule has 0 aliphatic heterocycles. The van der Waals surface area contributed by atoms with E-state index >= 15 is 0 Å². The maximum atomic E-state index is 12.0. The Morgan fingerprint density at radius 2 is 1.78 bits per heavy atom. The Morgan fingerprint density at radius 1 is 1.22 bits per heavy atom. The summed E-state index contributed by atoms with van der Waals surface area (Å²) in [6.45, 7) is 3.36. The van der Waals surface area contributed by atoms with Gasteiger partial charge in [0.15, 0.2) is 0 Å². The molecule has 0 fully saturated rings. The molecule has 0 bridgehead atoms. The number of carbonyl (C=O) groups is 2. The van der Waals surface area contributed by atoms with Gasteiger partial charge in [-0.1, -0.05) is 26.0 Å². The van der Waals surface area contributed by atoms with Crippen LogP contribution in [0.2, 0.25) is 0 Å². The predicted molar refractivity (Wildman–Crippen MR) is 75.9 cm³/mol. The largest absolute Gasteiger partial charge is 0.573 e. The predicted octanol–water partition coefficient (Wildman–Crippen LogP) is 2.74. The van der Waals surface area contributed by atoms with E-state index in [0.29, 0.717) is 5.56 Å². The van der Waals surface area contributed by atoms with Crippen LogP contribution in [-0.4, -0.2) is 29.4 Å². The van der Waals surface area contributed by atoms with Crippen LogP contribution >= 0.6 is 0 Å². The van der Waals surface area contributed by atoms with Gasteiger partial charge in [-0.2, -0.15) is 0 Å². The summed E-state index contributed by atoms with van der Waals surface area (Å²) in [5, 5.41) is 11.4. The van der Waals surface area contributed by atoms with E-state index in [2.05, 4.69) is 10.1 Å². The Labute approximate surface area is 131 Å². The molecule has 1 aromatic rings. The van der Waals surface area contributed by atoms with Crippen LogP contribution < -0.4 is 10.1 Å². The third kappa shape index (κ3) is 7.03. The normalized spacial score (nSPS) is 12.8. The van der Waals surface area contributed by atoms with Crippen LogP contribution in [-0.2, 0) is 16.0 Å². The van der Waals surface area contributed by atoms with Gasteiger partial charge in [-0.25, -0.2) is 4.79 Å². The van der Waals surface area contributed by atoms with Gasteiger partial charge >= 0.3 is 12.3 Å². The zero-order chi connectivity index (χ0) is 17.6. The summed E-state index contributed by atoms with van der Waals surface area (Å²) < 4.78 is 39.8. The molecule has 1 amide bonds. The molecule has 8 heteroatoms. The number of halogens is 3. The van der Waals surface area contributed by atoms with E-state index < -0.39 is 24.3 Å². The van der Waals surface area contributed by atoms with Crippen LogP contribution in [0.15, 0.2) is 24.3 Å². The van der Waals surface area contributed by atoms with Crippen LogP contribution in [0.3, 0.4) is 0 Å². The molecule has 0 aliphatic rings. The van der Waals surface area contributed by atoms with Gasteiger partial charge in [0.05, 0.1) is 0 Å². The highest BCUT2D eigenvalue weighted by molar-refractivity contribution is 5.83. The van der Waals surface area contributed by atoms with Gasteiger partial charge in [0.2, 0.25) is 5.91 Å². The number of hydrogen-bond acceptors (Lipinski definition) is 3. The van der Waals surface area contributed by atoms with E-state index in [-0.39, 0.29) is 24.5 Å². The van der Waals surface area contributed by atoms with Crippen LogP contribution in [0.1, 0.15) is 25.8 Å². The fourth-order valence-electron chi connectivity index (χ4n) is 1.87. The minimum atomic E-state index is -4.75. The second kappa shape index (κ2) is 7.85. The Bertz CT molecular complexity index is 541. The van der Waals surface area contributed by atoms with E-state index in [1.54, 1.807) is 13.8 Å². The molecule has 2 N–H and O–H groups in total. The van der Waals surface area contributed by atoms with Crippen molar-refractivity contribution in [3.05, 3.63) is 29.8 Å². The van der Waals surface area contributed by atoms with E-state index in [4.69, 9.17) is 5.11 Å². The first-order valence-corrected chi connectivity index (χ1v) is 6.95.